The molecule has 3 aromatic rings. The summed E-state index contributed by atoms with van der Waals surface area (Å²) in [4.78, 5) is 25.6. The zero-order valence-electron chi connectivity index (χ0n) is 19.5. The van der Waals surface area contributed by atoms with Gasteiger partial charge in [-0.3, -0.25) is 14.5 Å². The fraction of sp³-hybridized carbons (Fsp3) is 0.179. The Morgan fingerprint density at radius 2 is 1.53 bits per heavy atom. The fourth-order valence-corrected chi connectivity index (χ4v) is 4.86. The first kappa shape index (κ1) is 25.5. The summed E-state index contributed by atoms with van der Waals surface area (Å²) in [5.41, 5.74) is 2.84. The first-order valence-electron chi connectivity index (χ1n) is 11.4. The number of carboxylic acid groups (broad SMARTS) is 1. The van der Waals surface area contributed by atoms with Gasteiger partial charge in [0, 0.05) is 13.0 Å². The number of carbonyl (C=O) groups excluding carboxylic acids is 1. The van der Waals surface area contributed by atoms with Gasteiger partial charge in [-0.2, -0.15) is 0 Å². The summed E-state index contributed by atoms with van der Waals surface area (Å²) in [5.74, 6) is 0.0637. The van der Waals surface area contributed by atoms with E-state index < -0.39 is 5.97 Å². The maximum Gasteiger partial charge on any atom is 0.303 e. The normalized spacial score (nSPS) is 14.3. The number of carboxylic acids is 1. The molecule has 0 radical (unpaired) electrons. The van der Waals surface area contributed by atoms with Crippen LogP contribution >= 0.6 is 24.0 Å². The third kappa shape index (κ3) is 6.96. The van der Waals surface area contributed by atoms with Crippen molar-refractivity contribution in [1.82, 2.24) is 4.90 Å². The number of carbonyl (C=O) groups is 2. The van der Waals surface area contributed by atoms with Gasteiger partial charge in [0.1, 0.15) is 17.5 Å². The molecule has 0 atom stereocenters. The van der Waals surface area contributed by atoms with Crippen LogP contribution in [0.1, 0.15) is 29.5 Å². The van der Waals surface area contributed by atoms with Crippen LogP contribution in [0.5, 0.6) is 11.5 Å². The molecule has 0 bridgehead atoms. The first-order chi connectivity index (χ1) is 17.5. The lowest BCUT2D eigenvalue weighted by Gasteiger charge is -2.14. The molecule has 0 spiro atoms. The van der Waals surface area contributed by atoms with Gasteiger partial charge in [-0.1, -0.05) is 90.7 Å². The van der Waals surface area contributed by atoms with Gasteiger partial charge in [-0.15, -0.1) is 0 Å². The van der Waals surface area contributed by atoms with Gasteiger partial charge >= 0.3 is 5.97 Å². The highest BCUT2D eigenvalue weighted by atomic mass is 32.2. The second kappa shape index (κ2) is 12.4. The number of hydrogen-bond acceptors (Lipinski definition) is 6. The fourth-order valence-electron chi connectivity index (χ4n) is 3.55. The van der Waals surface area contributed by atoms with E-state index in [1.165, 1.54) is 16.7 Å². The number of thioether (sulfide) groups is 1. The molecule has 6 nitrogen and oxygen atoms in total. The maximum absolute atomic E-state index is 12.9. The SMILES string of the molecule is O=C(O)CCCN1C(=O)/C(=C\c2ccc(OCc3ccccc3)c(OCc3ccccc3)c2)SC1=S. The van der Waals surface area contributed by atoms with E-state index in [1.54, 1.807) is 6.08 Å². The Hall–Kier alpha value is -3.62. The van der Waals surface area contributed by atoms with E-state index in [0.717, 1.165) is 16.7 Å². The third-order valence-electron chi connectivity index (χ3n) is 5.39. The van der Waals surface area contributed by atoms with Crippen molar-refractivity contribution in [2.45, 2.75) is 26.1 Å². The summed E-state index contributed by atoms with van der Waals surface area (Å²) in [7, 11) is 0. The van der Waals surface area contributed by atoms with Gasteiger partial charge in [-0.25, -0.2) is 0 Å². The molecule has 0 unspecified atom stereocenters. The van der Waals surface area contributed by atoms with Crippen molar-refractivity contribution < 1.29 is 24.2 Å². The Morgan fingerprint density at radius 1 is 0.917 bits per heavy atom. The molecule has 1 aliphatic heterocycles. The van der Waals surface area contributed by atoms with Gasteiger partial charge < -0.3 is 14.6 Å². The summed E-state index contributed by atoms with van der Waals surface area (Å²) < 4.78 is 12.6. The average Bonchev–Trinajstić information content (AvgIpc) is 3.15. The molecule has 1 amide bonds. The molecule has 3 aromatic carbocycles. The Bertz CT molecular complexity index is 1260. The second-order valence-corrected chi connectivity index (χ2v) is 9.76. The van der Waals surface area contributed by atoms with E-state index in [1.807, 2.05) is 78.9 Å². The van der Waals surface area contributed by atoms with Crippen LogP contribution in [0.3, 0.4) is 0 Å². The molecule has 0 saturated carbocycles. The van der Waals surface area contributed by atoms with Gasteiger partial charge in [0.15, 0.2) is 11.5 Å². The molecule has 36 heavy (non-hydrogen) atoms. The van der Waals surface area contributed by atoms with Crippen molar-refractivity contribution in [2.24, 2.45) is 0 Å². The van der Waals surface area contributed by atoms with E-state index >= 15 is 0 Å². The monoisotopic (exact) mass is 519 g/mol. The second-order valence-electron chi connectivity index (χ2n) is 8.09. The highest BCUT2D eigenvalue weighted by molar-refractivity contribution is 8.26. The van der Waals surface area contributed by atoms with Crippen LogP contribution in [0.15, 0.2) is 83.8 Å². The van der Waals surface area contributed by atoms with E-state index in [0.29, 0.717) is 40.4 Å². The zero-order chi connectivity index (χ0) is 25.3. The Balaban J connectivity index is 1.52. The van der Waals surface area contributed by atoms with Gasteiger partial charge in [0.05, 0.1) is 4.91 Å². The smallest absolute Gasteiger partial charge is 0.303 e. The Morgan fingerprint density at radius 3 is 2.14 bits per heavy atom. The van der Waals surface area contributed by atoms with Crippen molar-refractivity contribution in [3.63, 3.8) is 0 Å². The number of benzene rings is 3. The molecule has 1 aliphatic rings. The Labute approximate surface area is 219 Å². The highest BCUT2D eigenvalue weighted by Crippen LogP contribution is 2.35. The number of aliphatic carboxylic acids is 1. The van der Waals surface area contributed by atoms with Crippen molar-refractivity contribution in [3.8, 4) is 11.5 Å². The van der Waals surface area contributed by atoms with Crippen molar-refractivity contribution >= 4 is 46.3 Å². The molecule has 1 N–H and O–H groups in total. The largest absolute Gasteiger partial charge is 0.485 e. The van der Waals surface area contributed by atoms with Crippen LogP contribution in [0.2, 0.25) is 0 Å². The molecule has 0 aromatic heterocycles. The minimum atomic E-state index is -0.895. The lowest BCUT2D eigenvalue weighted by Crippen LogP contribution is -2.29. The van der Waals surface area contributed by atoms with Crippen molar-refractivity contribution in [3.05, 3.63) is 100 Å². The lowest BCUT2D eigenvalue weighted by molar-refractivity contribution is -0.137. The topological polar surface area (TPSA) is 76.1 Å². The summed E-state index contributed by atoms with van der Waals surface area (Å²) in [6.45, 7) is 1.06. The molecule has 0 aliphatic carbocycles. The summed E-state index contributed by atoms with van der Waals surface area (Å²) >= 11 is 6.56. The number of ether oxygens (including phenoxy) is 2. The quantitative estimate of drug-likeness (QED) is 0.249. The van der Waals surface area contributed by atoms with E-state index in [9.17, 15) is 9.59 Å². The molecular weight excluding hydrogens is 494 g/mol. The number of amides is 1. The van der Waals surface area contributed by atoms with Crippen molar-refractivity contribution in [1.29, 1.82) is 0 Å². The van der Waals surface area contributed by atoms with Crippen LogP contribution in [0.25, 0.3) is 6.08 Å². The highest BCUT2D eigenvalue weighted by Gasteiger charge is 2.31. The van der Waals surface area contributed by atoms with Crippen LogP contribution in [0.4, 0.5) is 0 Å². The van der Waals surface area contributed by atoms with Gasteiger partial charge in [0.25, 0.3) is 5.91 Å². The molecule has 8 heteroatoms. The molecule has 1 heterocycles. The summed E-state index contributed by atoms with van der Waals surface area (Å²) in [5, 5.41) is 8.86. The standard InChI is InChI=1S/C28H25NO5S2/c30-26(31)12-7-15-29-27(32)25(36-28(29)35)17-22-13-14-23(33-18-20-8-3-1-4-9-20)24(16-22)34-19-21-10-5-2-6-11-21/h1-6,8-11,13-14,16-17H,7,12,15,18-19H2,(H,30,31)/b25-17+. The van der Waals surface area contributed by atoms with E-state index in [4.69, 9.17) is 26.8 Å². The van der Waals surface area contributed by atoms with Crippen LogP contribution in [0, 0.1) is 0 Å². The van der Waals surface area contributed by atoms with Crippen molar-refractivity contribution in [2.75, 3.05) is 6.54 Å². The average molecular weight is 520 g/mol. The van der Waals surface area contributed by atoms with E-state index in [-0.39, 0.29) is 18.9 Å². The van der Waals surface area contributed by atoms with Gasteiger partial charge in [-0.05, 0) is 41.3 Å². The molecule has 1 fully saturated rings. The number of hydrogen-bond donors (Lipinski definition) is 1. The zero-order valence-corrected chi connectivity index (χ0v) is 21.1. The van der Waals surface area contributed by atoms with Crippen LogP contribution in [-0.2, 0) is 22.8 Å². The lowest BCUT2D eigenvalue weighted by atomic mass is 10.1. The molecular formula is C28H25NO5S2. The first-order valence-corrected chi connectivity index (χ1v) is 12.7. The molecule has 4 rings (SSSR count). The van der Waals surface area contributed by atoms with Crippen LogP contribution in [-0.4, -0.2) is 32.7 Å². The Kier molecular flexibility index (Phi) is 8.76. The predicted octanol–water partition coefficient (Wildman–Crippen LogP) is 5.91. The van der Waals surface area contributed by atoms with E-state index in [2.05, 4.69) is 0 Å². The number of nitrogens with zero attached hydrogens (tertiary/aromatic N) is 1. The van der Waals surface area contributed by atoms with Gasteiger partial charge in [0.2, 0.25) is 0 Å². The minimum absolute atomic E-state index is 0.0112. The summed E-state index contributed by atoms with van der Waals surface area (Å²) in [6, 6.07) is 25.3. The number of thiocarbonyl (C=S) groups is 1. The molecule has 1 saturated heterocycles. The maximum atomic E-state index is 12.9. The third-order valence-corrected chi connectivity index (χ3v) is 6.76. The minimum Gasteiger partial charge on any atom is -0.485 e. The molecule has 184 valence electrons. The predicted molar refractivity (Wildman–Crippen MR) is 145 cm³/mol. The summed E-state index contributed by atoms with van der Waals surface area (Å²) in [6.07, 6.45) is 2.11. The van der Waals surface area contributed by atoms with Crippen LogP contribution < -0.4 is 9.47 Å². The number of rotatable bonds is 11.